The zero-order valence-corrected chi connectivity index (χ0v) is 32.6. The minimum Gasteiger partial charge on any atom is -0.362 e. The fraction of sp³-hybridized carbons (Fsp3) is 0.0714. The molecule has 0 spiro atoms. The van der Waals surface area contributed by atoms with Crippen molar-refractivity contribution in [3.63, 3.8) is 0 Å². The van der Waals surface area contributed by atoms with Gasteiger partial charge in [0.2, 0.25) is 0 Å². The van der Waals surface area contributed by atoms with E-state index in [4.69, 9.17) is 9.97 Å². The lowest BCUT2D eigenvalue weighted by molar-refractivity contribution is 0.887. The number of anilines is 2. The van der Waals surface area contributed by atoms with Crippen LogP contribution < -0.4 is 9.80 Å². The number of hydrogen-bond acceptors (Lipinski definition) is 4. The summed E-state index contributed by atoms with van der Waals surface area (Å²) >= 11 is 0. The van der Waals surface area contributed by atoms with Gasteiger partial charge in [-0.05, 0) is 133 Å². The Hall–Kier alpha value is -7.56. The maximum atomic E-state index is 5.07. The molecule has 11 aromatic carbocycles. The summed E-state index contributed by atoms with van der Waals surface area (Å²) in [6.45, 7) is 3.41. The number of benzene rings is 11. The molecule has 0 unspecified atom stereocenters. The van der Waals surface area contributed by atoms with Gasteiger partial charge in [-0.15, -0.1) is 0 Å². The van der Waals surface area contributed by atoms with Crippen LogP contribution in [-0.4, -0.2) is 9.97 Å². The Morgan fingerprint density at radius 3 is 0.867 bits per heavy atom. The summed E-state index contributed by atoms with van der Waals surface area (Å²) in [5.74, 6) is 0. The molecule has 0 aliphatic carbocycles. The monoisotopic (exact) mass is 762 g/mol. The van der Waals surface area contributed by atoms with E-state index in [0.29, 0.717) is 0 Å². The van der Waals surface area contributed by atoms with Crippen molar-refractivity contribution in [2.75, 3.05) is 9.80 Å². The molecule has 0 N–H and O–H groups in total. The van der Waals surface area contributed by atoms with E-state index < -0.39 is 0 Å². The fourth-order valence-corrected chi connectivity index (χ4v) is 12.0. The molecular formula is C56H34N4. The van der Waals surface area contributed by atoms with E-state index in [1.54, 1.807) is 0 Å². The van der Waals surface area contributed by atoms with Gasteiger partial charge >= 0.3 is 0 Å². The molecule has 0 saturated heterocycles. The van der Waals surface area contributed by atoms with Crippen LogP contribution in [0.3, 0.4) is 0 Å². The molecule has 2 aromatic heterocycles. The van der Waals surface area contributed by atoms with Crippen LogP contribution in [0.2, 0.25) is 0 Å². The van der Waals surface area contributed by atoms with Crippen molar-refractivity contribution in [2.24, 2.45) is 0 Å². The predicted molar refractivity (Wildman–Crippen MR) is 252 cm³/mol. The zero-order chi connectivity index (χ0) is 38.8. The summed E-state index contributed by atoms with van der Waals surface area (Å²) in [4.78, 5) is 15.3. The van der Waals surface area contributed by atoms with Gasteiger partial charge in [0.15, 0.2) is 0 Å². The normalized spacial score (nSPS) is 14.3. The topological polar surface area (TPSA) is 32.3 Å². The molecule has 0 radical (unpaired) electrons. The van der Waals surface area contributed by atoms with Crippen LogP contribution in [0.1, 0.15) is 22.3 Å². The van der Waals surface area contributed by atoms with Crippen molar-refractivity contribution < 1.29 is 0 Å². The van der Waals surface area contributed by atoms with Crippen LogP contribution in [0.5, 0.6) is 0 Å². The molecule has 0 saturated carbocycles. The van der Waals surface area contributed by atoms with Crippen LogP contribution in [0.15, 0.2) is 158 Å². The molecule has 278 valence electrons. The van der Waals surface area contributed by atoms with E-state index >= 15 is 0 Å². The highest BCUT2D eigenvalue weighted by Crippen LogP contribution is 2.49. The Kier molecular flexibility index (Phi) is 5.83. The summed E-state index contributed by atoms with van der Waals surface area (Å²) in [6.07, 6.45) is 3.98. The van der Waals surface area contributed by atoms with Crippen molar-refractivity contribution in [1.82, 2.24) is 9.97 Å². The molecule has 0 fully saturated rings. The van der Waals surface area contributed by atoms with Gasteiger partial charge in [0.1, 0.15) is 0 Å². The van der Waals surface area contributed by atoms with Crippen molar-refractivity contribution in [2.45, 2.75) is 26.2 Å². The fourth-order valence-electron chi connectivity index (χ4n) is 12.0. The molecule has 13 aromatic rings. The molecule has 4 heteroatoms. The van der Waals surface area contributed by atoms with Gasteiger partial charge in [0.05, 0.1) is 11.0 Å². The first-order valence-corrected chi connectivity index (χ1v) is 21.1. The quantitative estimate of drug-likeness (QED) is 0.130. The Bertz CT molecular complexity index is 3580. The van der Waals surface area contributed by atoms with E-state index in [1.807, 2.05) is 12.4 Å². The molecule has 4 nitrogen and oxygen atoms in total. The summed E-state index contributed by atoms with van der Waals surface area (Å²) in [6, 6.07) is 54.5. The molecular weight excluding hydrogens is 729 g/mol. The lowest BCUT2D eigenvalue weighted by atomic mass is 9.85. The summed E-state index contributed by atoms with van der Waals surface area (Å²) < 4.78 is 0. The smallest absolute Gasteiger partial charge is 0.0986 e. The minimum atomic E-state index is 0.851. The third-order valence-electron chi connectivity index (χ3n) is 14.5. The lowest BCUT2D eigenvalue weighted by Crippen LogP contribution is -2.16. The van der Waals surface area contributed by atoms with Gasteiger partial charge in [-0.25, -0.2) is 0 Å². The highest BCUT2D eigenvalue weighted by atomic mass is 15.2. The molecule has 0 atom stereocenters. The molecule has 0 amide bonds. The average molecular weight is 763 g/mol. The number of pyridine rings is 2. The zero-order valence-electron chi connectivity index (χ0n) is 32.6. The molecule has 15 rings (SSSR count). The molecule has 2 aliphatic heterocycles. The van der Waals surface area contributed by atoms with Gasteiger partial charge in [0.25, 0.3) is 0 Å². The largest absolute Gasteiger partial charge is 0.362 e. The summed E-state index contributed by atoms with van der Waals surface area (Å²) in [5.41, 5.74) is 10.1. The second-order valence-corrected chi connectivity index (χ2v) is 17.1. The summed E-state index contributed by atoms with van der Waals surface area (Å²) in [7, 11) is 0. The number of hydrogen-bond donors (Lipinski definition) is 0. The van der Waals surface area contributed by atoms with Gasteiger partial charge in [-0.1, -0.05) is 121 Å². The van der Waals surface area contributed by atoms with Crippen LogP contribution in [0.4, 0.5) is 11.4 Å². The molecule has 60 heavy (non-hydrogen) atoms. The van der Waals surface area contributed by atoms with Crippen LogP contribution >= 0.6 is 0 Å². The van der Waals surface area contributed by atoms with Crippen LogP contribution in [-0.2, 0) is 26.2 Å². The second kappa shape index (κ2) is 11.1. The second-order valence-electron chi connectivity index (χ2n) is 17.1. The Labute approximate surface area is 344 Å². The van der Waals surface area contributed by atoms with E-state index in [2.05, 4.69) is 155 Å². The Morgan fingerprint density at radius 2 is 0.550 bits per heavy atom. The Morgan fingerprint density at radius 1 is 0.267 bits per heavy atom. The number of nitrogens with zero attached hydrogens (tertiary/aromatic N) is 4. The lowest BCUT2D eigenvalue weighted by Gasteiger charge is -2.22. The SMILES string of the molecule is c1ccc2c(c1)c1cccc3c4c(c5cccc2c5c31)CN(c1ccnc2c1ccc1c(N3Cc5c(c6cccc7c8ccccc8c8cccc5c8c67)C3)ccnc12)C4. The highest BCUT2D eigenvalue weighted by Gasteiger charge is 2.30. The number of fused-ring (bicyclic) bond motifs is 15. The first-order chi connectivity index (χ1) is 29.8. The van der Waals surface area contributed by atoms with E-state index in [9.17, 15) is 0 Å². The third kappa shape index (κ3) is 3.83. The van der Waals surface area contributed by atoms with Gasteiger partial charge < -0.3 is 9.80 Å². The van der Waals surface area contributed by atoms with Gasteiger partial charge in [0, 0.05) is 60.7 Å². The van der Waals surface area contributed by atoms with Crippen molar-refractivity contribution in [3.8, 4) is 0 Å². The summed E-state index contributed by atoms with van der Waals surface area (Å²) in [5, 5.41) is 24.1. The van der Waals surface area contributed by atoms with E-state index in [1.165, 1.54) is 120 Å². The number of rotatable bonds is 2. The Balaban J connectivity index is 0.868. The van der Waals surface area contributed by atoms with E-state index in [-0.39, 0.29) is 0 Å². The maximum absolute atomic E-state index is 5.07. The predicted octanol–water partition coefficient (Wildman–Crippen LogP) is 13.9. The van der Waals surface area contributed by atoms with Crippen LogP contribution in [0.25, 0.3) is 108 Å². The molecule has 0 bridgehead atoms. The van der Waals surface area contributed by atoms with Crippen molar-refractivity contribution in [1.29, 1.82) is 0 Å². The van der Waals surface area contributed by atoms with Gasteiger partial charge in [-0.2, -0.15) is 0 Å². The van der Waals surface area contributed by atoms with Crippen molar-refractivity contribution in [3.05, 3.63) is 180 Å². The third-order valence-corrected chi connectivity index (χ3v) is 14.5. The van der Waals surface area contributed by atoms with Crippen molar-refractivity contribution >= 4 is 119 Å². The standard InChI is InChI=1S/C56H34N4/c1-2-10-32-31(9-1)35-13-5-17-39-45-27-59(28-46(45)40-18-6-14-36(32)52(40)51(35)39)49-23-25-57-55-43(49)21-22-44-50(24-26-58-56(44)55)60-29-47-41-19-7-15-37-33-11-3-4-12-34(33)38-16-8-20-42(48(47)30-60)54(38)53(37)41/h1-26H,27-30H2. The van der Waals surface area contributed by atoms with Crippen LogP contribution in [0, 0.1) is 0 Å². The minimum absolute atomic E-state index is 0.851. The number of aromatic nitrogens is 2. The molecule has 2 aliphatic rings. The molecule has 4 heterocycles. The van der Waals surface area contributed by atoms with E-state index in [0.717, 1.165) is 48.0 Å². The van der Waals surface area contributed by atoms with Gasteiger partial charge in [-0.3, -0.25) is 9.97 Å². The first-order valence-electron chi connectivity index (χ1n) is 21.1. The average Bonchev–Trinajstić information content (AvgIpc) is 3.97. The first kappa shape index (κ1) is 31.4. The maximum Gasteiger partial charge on any atom is 0.0986 e. The highest BCUT2D eigenvalue weighted by molar-refractivity contribution is 6.36.